The van der Waals surface area contributed by atoms with Crippen LogP contribution in [0.5, 0.6) is 0 Å². The molecule has 0 aliphatic carbocycles. The molecule has 0 bridgehead atoms. The summed E-state index contributed by atoms with van der Waals surface area (Å²) in [6.07, 6.45) is 0. The number of carbonyl (C=O) groups excluding carboxylic acids is 2. The molecule has 0 saturated carbocycles. The molecule has 2 aromatic carbocycles. The van der Waals surface area contributed by atoms with E-state index in [1.54, 1.807) is 36.4 Å². The summed E-state index contributed by atoms with van der Waals surface area (Å²) in [5.41, 5.74) is 2.11. The number of nitrogens with one attached hydrogen (secondary N) is 2. The van der Waals surface area contributed by atoms with Crippen molar-refractivity contribution in [2.24, 2.45) is 0 Å². The highest BCUT2D eigenvalue weighted by Crippen LogP contribution is 2.20. The smallest absolute Gasteiger partial charge is 0.282 e. The van der Waals surface area contributed by atoms with Gasteiger partial charge in [-0.1, -0.05) is 41.4 Å². The molecular weight excluding hydrogens is 359 g/mol. The lowest BCUT2D eigenvalue weighted by Crippen LogP contribution is -3.12. The fraction of sp³-hybridized carbons (Fsp3) is 0.263. The summed E-state index contributed by atoms with van der Waals surface area (Å²) in [6, 6.07) is 12.0. The first-order chi connectivity index (χ1) is 11.8. The molecule has 2 N–H and O–H groups in total. The number of anilines is 1. The van der Waals surface area contributed by atoms with E-state index in [1.165, 1.54) is 6.92 Å². The van der Waals surface area contributed by atoms with Crippen LogP contribution in [0, 0.1) is 0 Å². The molecule has 0 aliphatic rings. The van der Waals surface area contributed by atoms with Gasteiger partial charge in [-0.15, -0.1) is 0 Å². The average Bonchev–Trinajstić information content (AvgIpc) is 2.56. The minimum Gasteiger partial charge on any atom is -0.324 e. The van der Waals surface area contributed by atoms with Crippen molar-refractivity contribution in [1.29, 1.82) is 0 Å². The topological polar surface area (TPSA) is 50.6 Å². The SMILES string of the molecule is CC(=O)c1cccc(NC(=O)[C@@H](C)[NH+](C)Cc2ccc(Cl)cc2Cl)c1. The summed E-state index contributed by atoms with van der Waals surface area (Å²) in [4.78, 5) is 24.9. The second-order valence-corrected chi connectivity index (χ2v) is 6.95. The van der Waals surface area contributed by atoms with E-state index in [0.717, 1.165) is 10.5 Å². The molecule has 0 spiro atoms. The summed E-state index contributed by atoms with van der Waals surface area (Å²) in [5, 5.41) is 4.04. The van der Waals surface area contributed by atoms with Gasteiger partial charge in [0.2, 0.25) is 0 Å². The van der Waals surface area contributed by atoms with Crippen molar-refractivity contribution < 1.29 is 14.5 Å². The predicted octanol–water partition coefficient (Wildman–Crippen LogP) is 3.24. The van der Waals surface area contributed by atoms with Crippen LogP contribution in [0.15, 0.2) is 42.5 Å². The standard InChI is InChI=1S/C19H20Cl2N2O2/c1-12(23(3)11-15-7-8-16(20)10-18(15)21)19(25)22-17-6-4-5-14(9-17)13(2)24/h4-10,12H,11H2,1-3H3,(H,22,25)/p+1/t12-/m1/s1. The molecule has 0 fully saturated rings. The third-order valence-electron chi connectivity index (χ3n) is 4.15. The number of benzene rings is 2. The van der Waals surface area contributed by atoms with Crippen molar-refractivity contribution in [3.63, 3.8) is 0 Å². The molecule has 25 heavy (non-hydrogen) atoms. The van der Waals surface area contributed by atoms with Crippen LogP contribution in [0.4, 0.5) is 5.69 Å². The Balaban J connectivity index is 2.03. The molecule has 6 heteroatoms. The molecule has 132 valence electrons. The molecule has 0 radical (unpaired) electrons. The number of ketones is 1. The first kappa shape index (κ1) is 19.4. The highest BCUT2D eigenvalue weighted by Gasteiger charge is 2.23. The van der Waals surface area contributed by atoms with Gasteiger partial charge >= 0.3 is 0 Å². The number of hydrogen-bond donors (Lipinski definition) is 2. The summed E-state index contributed by atoms with van der Waals surface area (Å²) in [5.74, 6) is -0.160. The van der Waals surface area contributed by atoms with Crippen molar-refractivity contribution in [1.82, 2.24) is 0 Å². The van der Waals surface area contributed by atoms with Gasteiger partial charge in [-0.25, -0.2) is 0 Å². The number of hydrogen-bond acceptors (Lipinski definition) is 2. The number of halogens is 2. The molecule has 1 amide bonds. The third-order valence-corrected chi connectivity index (χ3v) is 4.74. The maximum atomic E-state index is 12.5. The van der Waals surface area contributed by atoms with Gasteiger partial charge in [-0.05, 0) is 38.1 Å². The van der Waals surface area contributed by atoms with E-state index < -0.39 is 0 Å². The van der Waals surface area contributed by atoms with Crippen LogP contribution in [0.1, 0.15) is 29.8 Å². The second-order valence-electron chi connectivity index (χ2n) is 6.11. The van der Waals surface area contributed by atoms with Gasteiger partial charge in [-0.3, -0.25) is 9.59 Å². The zero-order valence-electron chi connectivity index (χ0n) is 14.4. The summed E-state index contributed by atoms with van der Waals surface area (Å²) in [7, 11) is 1.93. The van der Waals surface area contributed by atoms with Crippen molar-refractivity contribution >= 4 is 40.6 Å². The molecule has 0 aliphatic heterocycles. The molecule has 2 aromatic rings. The number of Topliss-reactive ketones (excluding diaryl/α,β-unsaturated/α-hetero) is 1. The van der Waals surface area contributed by atoms with Crippen LogP contribution < -0.4 is 10.2 Å². The van der Waals surface area contributed by atoms with Gasteiger partial charge in [-0.2, -0.15) is 0 Å². The molecule has 2 rings (SSSR count). The van der Waals surface area contributed by atoms with Crippen molar-refractivity contribution in [3.8, 4) is 0 Å². The molecule has 0 heterocycles. The third kappa shape index (κ3) is 5.30. The highest BCUT2D eigenvalue weighted by molar-refractivity contribution is 6.35. The van der Waals surface area contributed by atoms with E-state index in [0.29, 0.717) is 27.8 Å². The predicted molar refractivity (Wildman–Crippen MR) is 102 cm³/mol. The number of likely N-dealkylation sites (N-methyl/N-ethyl adjacent to an activating group) is 1. The Hall–Kier alpha value is -1.88. The zero-order valence-corrected chi connectivity index (χ0v) is 15.9. The minimum atomic E-state index is -0.298. The molecule has 2 atom stereocenters. The van der Waals surface area contributed by atoms with Crippen LogP contribution in [-0.4, -0.2) is 24.8 Å². The van der Waals surface area contributed by atoms with Crippen molar-refractivity contribution in [3.05, 3.63) is 63.6 Å². The number of carbonyl (C=O) groups is 2. The van der Waals surface area contributed by atoms with Gasteiger partial charge in [0.1, 0.15) is 6.54 Å². The lowest BCUT2D eigenvalue weighted by atomic mass is 10.1. The Bertz CT molecular complexity index is 793. The summed E-state index contributed by atoms with van der Waals surface area (Å²) in [6.45, 7) is 3.94. The Kier molecular flexibility index (Phi) is 6.59. The van der Waals surface area contributed by atoms with E-state index in [9.17, 15) is 9.59 Å². The first-order valence-corrected chi connectivity index (χ1v) is 8.71. The average molecular weight is 380 g/mol. The second kappa shape index (κ2) is 8.48. The lowest BCUT2D eigenvalue weighted by molar-refractivity contribution is -0.907. The Morgan fingerprint density at radius 1 is 1.16 bits per heavy atom. The van der Waals surface area contributed by atoms with Gasteiger partial charge < -0.3 is 10.2 Å². The normalized spacial score (nSPS) is 13.2. The van der Waals surface area contributed by atoms with Gasteiger partial charge in [0.15, 0.2) is 11.8 Å². The van der Waals surface area contributed by atoms with Crippen LogP contribution >= 0.6 is 23.2 Å². The Morgan fingerprint density at radius 2 is 1.88 bits per heavy atom. The van der Waals surface area contributed by atoms with E-state index in [-0.39, 0.29) is 17.7 Å². The van der Waals surface area contributed by atoms with Gasteiger partial charge in [0, 0.05) is 21.8 Å². The zero-order chi connectivity index (χ0) is 18.6. The van der Waals surface area contributed by atoms with Crippen molar-refractivity contribution in [2.45, 2.75) is 26.4 Å². The number of quaternary nitrogens is 1. The number of rotatable bonds is 6. The maximum absolute atomic E-state index is 12.5. The number of amides is 1. The van der Waals surface area contributed by atoms with Crippen LogP contribution in [-0.2, 0) is 11.3 Å². The van der Waals surface area contributed by atoms with Crippen LogP contribution in [0.3, 0.4) is 0 Å². The Labute approximate surface area is 157 Å². The fourth-order valence-electron chi connectivity index (χ4n) is 2.41. The van der Waals surface area contributed by atoms with Gasteiger partial charge in [0.25, 0.3) is 5.91 Å². The van der Waals surface area contributed by atoms with E-state index in [2.05, 4.69) is 5.32 Å². The molecule has 4 nitrogen and oxygen atoms in total. The van der Waals surface area contributed by atoms with E-state index in [4.69, 9.17) is 23.2 Å². The lowest BCUT2D eigenvalue weighted by Gasteiger charge is -2.21. The van der Waals surface area contributed by atoms with E-state index >= 15 is 0 Å². The van der Waals surface area contributed by atoms with Crippen LogP contribution in [0.25, 0.3) is 0 Å². The highest BCUT2D eigenvalue weighted by atomic mass is 35.5. The minimum absolute atomic E-state index is 0.0377. The molecular formula is C19H21Cl2N2O2+. The summed E-state index contributed by atoms with van der Waals surface area (Å²) >= 11 is 12.1. The first-order valence-electron chi connectivity index (χ1n) is 7.96. The van der Waals surface area contributed by atoms with Gasteiger partial charge in [0.05, 0.1) is 12.1 Å². The monoisotopic (exact) mass is 379 g/mol. The fourth-order valence-corrected chi connectivity index (χ4v) is 2.88. The quantitative estimate of drug-likeness (QED) is 0.756. The summed E-state index contributed by atoms with van der Waals surface area (Å²) < 4.78 is 0. The van der Waals surface area contributed by atoms with Crippen LogP contribution in [0.2, 0.25) is 10.0 Å². The van der Waals surface area contributed by atoms with E-state index in [1.807, 2.05) is 20.0 Å². The Morgan fingerprint density at radius 3 is 2.52 bits per heavy atom. The largest absolute Gasteiger partial charge is 0.324 e. The molecule has 0 saturated heterocycles. The molecule has 1 unspecified atom stereocenters. The van der Waals surface area contributed by atoms with Crippen molar-refractivity contribution in [2.75, 3.05) is 12.4 Å². The maximum Gasteiger partial charge on any atom is 0.282 e. The molecule has 0 aromatic heterocycles.